The lowest BCUT2D eigenvalue weighted by Crippen LogP contribution is -2.21. The van der Waals surface area contributed by atoms with Crippen LogP contribution in [0.1, 0.15) is 25.3 Å². The summed E-state index contributed by atoms with van der Waals surface area (Å²) in [6, 6.07) is 4.91. The van der Waals surface area contributed by atoms with Crippen LogP contribution in [0.5, 0.6) is 5.75 Å². The van der Waals surface area contributed by atoms with Gasteiger partial charge < -0.3 is 14.8 Å². The monoisotopic (exact) mass is 267 g/mol. The molecule has 0 radical (unpaired) electrons. The zero-order valence-corrected chi connectivity index (χ0v) is 11.5. The molecule has 1 aromatic rings. The van der Waals surface area contributed by atoms with Crippen molar-refractivity contribution in [1.29, 1.82) is 0 Å². The highest BCUT2D eigenvalue weighted by Crippen LogP contribution is 2.20. The van der Waals surface area contributed by atoms with Gasteiger partial charge in [-0.25, -0.2) is 4.39 Å². The molecular weight excluding hydrogens is 245 g/mol. The molecule has 2 rings (SSSR count). The second-order valence-corrected chi connectivity index (χ2v) is 4.94. The van der Waals surface area contributed by atoms with E-state index in [2.05, 4.69) is 5.32 Å². The van der Waals surface area contributed by atoms with Crippen LogP contribution in [-0.2, 0) is 11.3 Å². The van der Waals surface area contributed by atoms with E-state index in [9.17, 15) is 4.39 Å². The Morgan fingerprint density at radius 1 is 1.32 bits per heavy atom. The van der Waals surface area contributed by atoms with Crippen molar-refractivity contribution in [2.75, 3.05) is 26.4 Å². The van der Waals surface area contributed by atoms with E-state index in [0.29, 0.717) is 24.8 Å². The van der Waals surface area contributed by atoms with E-state index in [1.165, 1.54) is 6.07 Å². The fourth-order valence-corrected chi connectivity index (χ4v) is 2.20. The molecule has 3 nitrogen and oxygen atoms in total. The molecule has 4 heteroatoms. The van der Waals surface area contributed by atoms with Gasteiger partial charge in [-0.2, -0.15) is 0 Å². The molecule has 1 N–H and O–H groups in total. The lowest BCUT2D eigenvalue weighted by Gasteiger charge is -2.22. The van der Waals surface area contributed by atoms with Crippen LogP contribution in [0.3, 0.4) is 0 Å². The molecule has 0 aliphatic carbocycles. The number of rotatable bonds is 6. The molecule has 1 aromatic carbocycles. The quantitative estimate of drug-likeness (QED) is 0.859. The number of ether oxygens (including phenoxy) is 2. The number of hydrogen-bond acceptors (Lipinski definition) is 3. The van der Waals surface area contributed by atoms with Gasteiger partial charge in [0.2, 0.25) is 0 Å². The molecule has 1 aliphatic heterocycles. The van der Waals surface area contributed by atoms with Crippen molar-refractivity contribution in [2.45, 2.75) is 26.3 Å². The first kappa shape index (κ1) is 14.3. The molecule has 0 atom stereocenters. The molecule has 1 fully saturated rings. The molecule has 1 aliphatic rings. The Morgan fingerprint density at radius 2 is 2.11 bits per heavy atom. The second-order valence-electron chi connectivity index (χ2n) is 4.94. The van der Waals surface area contributed by atoms with Crippen LogP contribution in [0.25, 0.3) is 0 Å². The maximum atomic E-state index is 13.5. The molecule has 0 aromatic heterocycles. The van der Waals surface area contributed by atoms with E-state index >= 15 is 0 Å². The highest BCUT2D eigenvalue weighted by molar-refractivity contribution is 5.29. The summed E-state index contributed by atoms with van der Waals surface area (Å²) < 4.78 is 24.5. The van der Waals surface area contributed by atoms with Gasteiger partial charge in [0.15, 0.2) is 0 Å². The van der Waals surface area contributed by atoms with Gasteiger partial charge in [0.05, 0.1) is 6.61 Å². The Hall–Kier alpha value is -1.13. The maximum absolute atomic E-state index is 13.5. The summed E-state index contributed by atoms with van der Waals surface area (Å²) in [7, 11) is 0. The van der Waals surface area contributed by atoms with Crippen LogP contribution in [0.4, 0.5) is 4.39 Å². The average Bonchev–Trinajstić information content (AvgIpc) is 2.43. The van der Waals surface area contributed by atoms with Gasteiger partial charge in [-0.05, 0) is 43.0 Å². The van der Waals surface area contributed by atoms with E-state index in [4.69, 9.17) is 9.47 Å². The van der Waals surface area contributed by atoms with Gasteiger partial charge in [0, 0.05) is 25.8 Å². The standard InChI is InChI=1S/C15H22FNO2/c1-2-17-10-13-7-14(16)9-15(8-13)19-11-12-3-5-18-6-4-12/h7-9,12,17H,2-6,10-11H2,1H3. The van der Waals surface area contributed by atoms with Gasteiger partial charge in [-0.3, -0.25) is 0 Å². The van der Waals surface area contributed by atoms with E-state index < -0.39 is 0 Å². The molecule has 0 saturated carbocycles. The predicted octanol–water partition coefficient (Wildman–Crippen LogP) is 2.74. The molecule has 0 bridgehead atoms. The summed E-state index contributed by atoms with van der Waals surface area (Å²) in [6.07, 6.45) is 2.05. The summed E-state index contributed by atoms with van der Waals surface area (Å²) in [5.41, 5.74) is 0.920. The first-order valence-corrected chi connectivity index (χ1v) is 6.98. The fraction of sp³-hybridized carbons (Fsp3) is 0.600. The highest BCUT2D eigenvalue weighted by Gasteiger charge is 2.14. The van der Waals surface area contributed by atoms with E-state index in [1.54, 1.807) is 6.07 Å². The average molecular weight is 267 g/mol. The van der Waals surface area contributed by atoms with Crippen molar-refractivity contribution in [3.63, 3.8) is 0 Å². The molecule has 0 spiro atoms. The van der Waals surface area contributed by atoms with Crippen molar-refractivity contribution < 1.29 is 13.9 Å². The predicted molar refractivity (Wildman–Crippen MR) is 72.8 cm³/mol. The minimum absolute atomic E-state index is 0.239. The number of halogens is 1. The van der Waals surface area contributed by atoms with Crippen molar-refractivity contribution in [3.05, 3.63) is 29.6 Å². The molecule has 0 amide bonds. The zero-order valence-electron chi connectivity index (χ0n) is 11.5. The van der Waals surface area contributed by atoms with Gasteiger partial charge in [-0.15, -0.1) is 0 Å². The Bertz CT molecular complexity index is 392. The van der Waals surface area contributed by atoms with Crippen molar-refractivity contribution in [2.24, 2.45) is 5.92 Å². The van der Waals surface area contributed by atoms with Crippen LogP contribution < -0.4 is 10.1 Å². The van der Waals surface area contributed by atoms with Gasteiger partial charge in [-0.1, -0.05) is 6.92 Å². The molecule has 19 heavy (non-hydrogen) atoms. The number of benzene rings is 1. The zero-order chi connectivity index (χ0) is 13.5. The maximum Gasteiger partial charge on any atom is 0.127 e. The number of hydrogen-bond donors (Lipinski definition) is 1. The second kappa shape index (κ2) is 7.46. The lowest BCUT2D eigenvalue weighted by atomic mass is 10.0. The van der Waals surface area contributed by atoms with E-state index in [0.717, 1.165) is 38.2 Å². The third kappa shape index (κ3) is 4.80. The molecule has 106 valence electrons. The van der Waals surface area contributed by atoms with Crippen molar-refractivity contribution >= 4 is 0 Å². The van der Waals surface area contributed by atoms with E-state index in [-0.39, 0.29) is 5.82 Å². The molecule has 1 heterocycles. The Morgan fingerprint density at radius 3 is 2.84 bits per heavy atom. The van der Waals surface area contributed by atoms with Crippen LogP contribution in [0, 0.1) is 11.7 Å². The van der Waals surface area contributed by atoms with Gasteiger partial charge in [0.25, 0.3) is 0 Å². The Kier molecular flexibility index (Phi) is 5.61. The van der Waals surface area contributed by atoms with E-state index in [1.807, 2.05) is 13.0 Å². The summed E-state index contributed by atoms with van der Waals surface area (Å²) in [4.78, 5) is 0. The summed E-state index contributed by atoms with van der Waals surface area (Å²) in [6.45, 7) is 5.83. The summed E-state index contributed by atoms with van der Waals surface area (Å²) in [5.74, 6) is 0.908. The fourth-order valence-electron chi connectivity index (χ4n) is 2.20. The lowest BCUT2D eigenvalue weighted by molar-refractivity contribution is 0.0497. The third-order valence-electron chi connectivity index (χ3n) is 3.34. The van der Waals surface area contributed by atoms with Gasteiger partial charge in [0.1, 0.15) is 11.6 Å². The smallest absolute Gasteiger partial charge is 0.127 e. The number of nitrogens with one attached hydrogen (secondary N) is 1. The molecule has 1 saturated heterocycles. The van der Waals surface area contributed by atoms with Crippen molar-refractivity contribution in [1.82, 2.24) is 5.32 Å². The van der Waals surface area contributed by atoms with Crippen LogP contribution >= 0.6 is 0 Å². The molecular formula is C15H22FNO2. The Labute approximate surface area is 114 Å². The van der Waals surface area contributed by atoms with Crippen LogP contribution in [-0.4, -0.2) is 26.4 Å². The first-order valence-electron chi connectivity index (χ1n) is 6.98. The molecule has 0 unspecified atom stereocenters. The topological polar surface area (TPSA) is 30.5 Å². The summed E-state index contributed by atoms with van der Waals surface area (Å²) >= 11 is 0. The first-order chi connectivity index (χ1) is 9.28. The highest BCUT2D eigenvalue weighted by atomic mass is 19.1. The SMILES string of the molecule is CCNCc1cc(F)cc(OCC2CCOCC2)c1. The minimum atomic E-state index is -0.239. The van der Waals surface area contributed by atoms with Crippen molar-refractivity contribution in [3.8, 4) is 5.75 Å². The Balaban J connectivity index is 1.89. The van der Waals surface area contributed by atoms with Crippen LogP contribution in [0.2, 0.25) is 0 Å². The minimum Gasteiger partial charge on any atom is -0.493 e. The van der Waals surface area contributed by atoms with Crippen LogP contribution in [0.15, 0.2) is 18.2 Å². The third-order valence-corrected chi connectivity index (χ3v) is 3.34. The normalized spacial score (nSPS) is 16.5. The summed E-state index contributed by atoms with van der Waals surface area (Å²) in [5, 5.41) is 3.19. The van der Waals surface area contributed by atoms with Gasteiger partial charge >= 0.3 is 0 Å². The largest absolute Gasteiger partial charge is 0.493 e.